The fraction of sp³-hybridized carbons (Fsp3) is 0.391. The smallest absolute Gasteiger partial charge is 0.223 e. The van der Waals surface area contributed by atoms with Crippen molar-refractivity contribution >= 4 is 23.2 Å². The Hall–Kier alpha value is -3.02. The van der Waals surface area contributed by atoms with Crippen LogP contribution in [0.25, 0.3) is 0 Å². The van der Waals surface area contributed by atoms with Crippen molar-refractivity contribution in [1.82, 2.24) is 5.32 Å². The molecule has 1 saturated heterocycles. The number of hydrogen-bond acceptors (Lipinski definition) is 4. The van der Waals surface area contributed by atoms with Gasteiger partial charge in [-0.1, -0.05) is 18.2 Å². The topological polar surface area (TPSA) is 61.9 Å². The molecule has 1 N–H and O–H groups in total. The second-order valence-corrected chi connectivity index (χ2v) is 7.22. The first kappa shape index (κ1) is 20.7. The van der Waals surface area contributed by atoms with Crippen LogP contribution in [-0.2, 0) is 16.1 Å². The molecule has 0 aliphatic carbocycles. The minimum Gasteiger partial charge on any atom is -0.496 e. The highest BCUT2D eigenvalue weighted by Gasteiger charge is 2.16. The lowest BCUT2D eigenvalue weighted by Crippen LogP contribution is -2.33. The van der Waals surface area contributed by atoms with Gasteiger partial charge in [0.1, 0.15) is 5.75 Å². The largest absolute Gasteiger partial charge is 0.496 e. The molecule has 6 heteroatoms. The van der Waals surface area contributed by atoms with E-state index in [9.17, 15) is 9.59 Å². The zero-order valence-electron chi connectivity index (χ0n) is 17.2. The van der Waals surface area contributed by atoms with Crippen molar-refractivity contribution in [3.05, 3.63) is 54.1 Å². The summed E-state index contributed by atoms with van der Waals surface area (Å²) in [5.74, 6) is 0.573. The van der Waals surface area contributed by atoms with Crippen LogP contribution in [0.15, 0.2) is 48.5 Å². The number of carbonyl (C=O) groups excluding carboxylic acids is 2. The van der Waals surface area contributed by atoms with Crippen LogP contribution >= 0.6 is 0 Å². The van der Waals surface area contributed by atoms with E-state index >= 15 is 0 Å². The van der Waals surface area contributed by atoms with Crippen LogP contribution in [0.3, 0.4) is 0 Å². The fourth-order valence-corrected chi connectivity index (χ4v) is 3.63. The van der Waals surface area contributed by atoms with Gasteiger partial charge in [-0.15, -0.1) is 0 Å². The van der Waals surface area contributed by atoms with E-state index in [2.05, 4.69) is 22.3 Å². The van der Waals surface area contributed by atoms with E-state index in [4.69, 9.17) is 4.74 Å². The summed E-state index contributed by atoms with van der Waals surface area (Å²) in [7, 11) is 1.61. The summed E-state index contributed by atoms with van der Waals surface area (Å²) in [4.78, 5) is 28.4. The predicted octanol–water partition coefficient (Wildman–Crippen LogP) is 3.35. The molecule has 0 bridgehead atoms. The third kappa shape index (κ3) is 5.50. The number of carbonyl (C=O) groups is 2. The number of para-hydroxylation sites is 1. The highest BCUT2D eigenvalue weighted by atomic mass is 16.5. The lowest BCUT2D eigenvalue weighted by Gasteiger charge is -2.23. The zero-order chi connectivity index (χ0) is 20.6. The van der Waals surface area contributed by atoms with Gasteiger partial charge in [-0.2, -0.15) is 0 Å². The van der Waals surface area contributed by atoms with E-state index in [1.807, 2.05) is 36.4 Å². The van der Waals surface area contributed by atoms with Crippen LogP contribution in [0.1, 0.15) is 31.7 Å². The molecular formula is C23H29N3O3. The lowest BCUT2D eigenvalue weighted by atomic mass is 10.2. The monoisotopic (exact) mass is 395 g/mol. The van der Waals surface area contributed by atoms with Gasteiger partial charge in [-0.3, -0.25) is 9.59 Å². The molecule has 1 aliphatic heterocycles. The molecule has 2 amide bonds. The second kappa shape index (κ2) is 9.96. The number of ether oxygens (including phenoxy) is 1. The molecule has 1 heterocycles. The van der Waals surface area contributed by atoms with Gasteiger partial charge in [0.2, 0.25) is 11.8 Å². The number of rotatable bonds is 8. The number of benzene rings is 2. The highest BCUT2D eigenvalue weighted by molar-refractivity contribution is 5.92. The average molecular weight is 396 g/mol. The quantitative estimate of drug-likeness (QED) is 0.745. The highest BCUT2D eigenvalue weighted by Crippen LogP contribution is 2.24. The summed E-state index contributed by atoms with van der Waals surface area (Å²) >= 11 is 0. The number of anilines is 2. The third-order valence-corrected chi connectivity index (χ3v) is 5.24. The van der Waals surface area contributed by atoms with Crippen molar-refractivity contribution < 1.29 is 14.3 Å². The van der Waals surface area contributed by atoms with Crippen molar-refractivity contribution in [1.29, 1.82) is 0 Å². The Balaban J connectivity index is 1.55. The van der Waals surface area contributed by atoms with Crippen LogP contribution in [-0.4, -0.2) is 38.6 Å². The van der Waals surface area contributed by atoms with Gasteiger partial charge < -0.3 is 19.9 Å². The van der Waals surface area contributed by atoms with E-state index in [-0.39, 0.29) is 18.2 Å². The molecule has 0 atom stereocenters. The molecule has 0 saturated carbocycles. The number of amides is 2. The van der Waals surface area contributed by atoms with Crippen molar-refractivity contribution in [2.75, 3.05) is 36.5 Å². The fourth-order valence-electron chi connectivity index (χ4n) is 3.63. The first-order valence-electron chi connectivity index (χ1n) is 10.1. The molecule has 154 valence electrons. The maximum Gasteiger partial charge on any atom is 0.223 e. The maximum absolute atomic E-state index is 12.3. The average Bonchev–Trinajstić information content (AvgIpc) is 3.27. The van der Waals surface area contributed by atoms with Crippen molar-refractivity contribution in [2.45, 2.75) is 32.7 Å². The van der Waals surface area contributed by atoms with E-state index < -0.39 is 0 Å². The van der Waals surface area contributed by atoms with Crippen LogP contribution in [0.5, 0.6) is 5.75 Å². The first-order chi connectivity index (χ1) is 14.1. The van der Waals surface area contributed by atoms with Gasteiger partial charge in [0.25, 0.3) is 0 Å². The summed E-state index contributed by atoms with van der Waals surface area (Å²) in [5.41, 5.74) is 2.92. The first-order valence-corrected chi connectivity index (χ1v) is 10.1. The number of methoxy groups -OCH3 is 1. The van der Waals surface area contributed by atoms with Crippen molar-refractivity contribution in [2.24, 2.45) is 0 Å². The van der Waals surface area contributed by atoms with E-state index in [0.717, 1.165) is 30.1 Å². The van der Waals surface area contributed by atoms with Gasteiger partial charge in [-0.05, 0) is 43.2 Å². The summed E-state index contributed by atoms with van der Waals surface area (Å²) in [6, 6.07) is 15.6. The standard InChI is InChI=1S/C23H29N3O3/c1-18(27)26(21-11-9-20(10-12-21)25-14-5-6-15-25)16-13-23(28)24-17-19-7-3-4-8-22(19)29-2/h3-4,7-12H,5-6,13-17H2,1-2H3,(H,24,28). The van der Waals surface area contributed by atoms with Gasteiger partial charge in [0.15, 0.2) is 0 Å². The molecule has 6 nitrogen and oxygen atoms in total. The zero-order valence-corrected chi connectivity index (χ0v) is 17.2. The van der Waals surface area contributed by atoms with Gasteiger partial charge in [0.05, 0.1) is 7.11 Å². The molecular weight excluding hydrogens is 366 g/mol. The lowest BCUT2D eigenvalue weighted by molar-refractivity contribution is -0.121. The molecule has 0 unspecified atom stereocenters. The molecule has 0 spiro atoms. The Bertz CT molecular complexity index is 830. The predicted molar refractivity (Wildman–Crippen MR) is 115 cm³/mol. The SMILES string of the molecule is COc1ccccc1CNC(=O)CCN(C(C)=O)c1ccc(N2CCCC2)cc1. The van der Waals surface area contributed by atoms with E-state index in [1.165, 1.54) is 25.5 Å². The molecule has 1 fully saturated rings. The number of nitrogens with zero attached hydrogens (tertiary/aromatic N) is 2. The van der Waals surface area contributed by atoms with E-state index in [1.54, 1.807) is 12.0 Å². The third-order valence-electron chi connectivity index (χ3n) is 5.24. The van der Waals surface area contributed by atoms with Gasteiger partial charge in [0, 0.05) is 56.5 Å². The molecule has 0 aromatic heterocycles. The van der Waals surface area contributed by atoms with Crippen LogP contribution in [0.4, 0.5) is 11.4 Å². The van der Waals surface area contributed by atoms with E-state index in [0.29, 0.717) is 13.1 Å². The summed E-state index contributed by atoms with van der Waals surface area (Å²) in [6.45, 7) is 4.44. The summed E-state index contributed by atoms with van der Waals surface area (Å²) in [5, 5.41) is 2.90. The van der Waals surface area contributed by atoms with Gasteiger partial charge in [-0.25, -0.2) is 0 Å². The summed E-state index contributed by atoms with van der Waals surface area (Å²) in [6.07, 6.45) is 2.69. The Morgan fingerprint density at radius 3 is 2.41 bits per heavy atom. The number of nitrogens with one attached hydrogen (secondary N) is 1. The molecule has 2 aromatic rings. The maximum atomic E-state index is 12.3. The Kier molecular flexibility index (Phi) is 7.11. The number of hydrogen-bond donors (Lipinski definition) is 1. The van der Waals surface area contributed by atoms with Crippen molar-refractivity contribution in [3.8, 4) is 5.75 Å². The Morgan fingerprint density at radius 1 is 1.07 bits per heavy atom. The second-order valence-electron chi connectivity index (χ2n) is 7.22. The molecule has 3 rings (SSSR count). The molecule has 2 aromatic carbocycles. The van der Waals surface area contributed by atoms with Crippen LogP contribution in [0.2, 0.25) is 0 Å². The van der Waals surface area contributed by atoms with Crippen LogP contribution < -0.4 is 19.9 Å². The molecule has 29 heavy (non-hydrogen) atoms. The van der Waals surface area contributed by atoms with Gasteiger partial charge >= 0.3 is 0 Å². The minimum absolute atomic E-state index is 0.0727. The Labute approximate surface area is 172 Å². The Morgan fingerprint density at radius 2 is 1.76 bits per heavy atom. The normalized spacial score (nSPS) is 13.2. The molecule has 1 aliphatic rings. The molecule has 0 radical (unpaired) electrons. The summed E-state index contributed by atoms with van der Waals surface area (Å²) < 4.78 is 5.30. The van der Waals surface area contributed by atoms with Crippen molar-refractivity contribution in [3.63, 3.8) is 0 Å². The van der Waals surface area contributed by atoms with Crippen LogP contribution in [0, 0.1) is 0 Å². The minimum atomic E-state index is -0.101.